The molecule has 6 heteroatoms. The lowest BCUT2D eigenvalue weighted by Crippen LogP contribution is -2.37. The highest BCUT2D eigenvalue weighted by atomic mass is 127. The van der Waals surface area contributed by atoms with Gasteiger partial charge in [0.15, 0.2) is 5.96 Å². The molecule has 0 aliphatic carbocycles. The molecule has 25 heavy (non-hydrogen) atoms. The van der Waals surface area contributed by atoms with Crippen LogP contribution >= 0.6 is 24.0 Å². The topological polar surface area (TPSA) is 45.7 Å². The Labute approximate surface area is 165 Å². The predicted molar refractivity (Wildman–Crippen MR) is 111 cm³/mol. The minimum Gasteiger partial charge on any atom is -0.380 e. The first-order chi connectivity index (χ1) is 11.7. The van der Waals surface area contributed by atoms with Gasteiger partial charge in [0.1, 0.15) is 5.82 Å². The molecule has 0 bridgehead atoms. The van der Waals surface area contributed by atoms with Crippen molar-refractivity contribution < 1.29 is 9.13 Å². The second-order valence-electron chi connectivity index (χ2n) is 5.48. The van der Waals surface area contributed by atoms with Gasteiger partial charge in [0.05, 0.1) is 6.61 Å². The molecule has 0 spiro atoms. The second kappa shape index (κ2) is 11.8. The van der Waals surface area contributed by atoms with Crippen LogP contribution in [0, 0.1) is 5.82 Å². The Hall–Kier alpha value is -1.67. The molecule has 0 heterocycles. The van der Waals surface area contributed by atoms with E-state index in [9.17, 15) is 4.39 Å². The van der Waals surface area contributed by atoms with Crippen molar-refractivity contribution in [1.29, 1.82) is 0 Å². The number of aliphatic imine (C=N–C) groups is 1. The zero-order valence-electron chi connectivity index (χ0n) is 14.6. The fourth-order valence-electron chi connectivity index (χ4n) is 2.38. The van der Waals surface area contributed by atoms with E-state index >= 15 is 0 Å². The summed E-state index contributed by atoms with van der Waals surface area (Å²) < 4.78 is 18.0. The summed E-state index contributed by atoms with van der Waals surface area (Å²) >= 11 is 0. The summed E-state index contributed by atoms with van der Waals surface area (Å²) in [7, 11) is 3.44. The van der Waals surface area contributed by atoms with Gasteiger partial charge in [-0.25, -0.2) is 4.39 Å². The van der Waals surface area contributed by atoms with Crippen molar-refractivity contribution in [2.75, 3.05) is 20.7 Å². The molecule has 0 aliphatic heterocycles. The first kappa shape index (κ1) is 21.4. The standard InChI is InChI=1S/C19H24FN3O.HI/c1-21-19(22-11-10-15-6-8-18(20)9-7-15)23-13-16-4-3-5-17(12-16)14-24-2;/h3-9,12H,10-11,13-14H2,1-2H3,(H2,21,22,23);1H. The van der Waals surface area contributed by atoms with Gasteiger partial charge in [-0.15, -0.1) is 24.0 Å². The quantitative estimate of drug-likeness (QED) is 0.380. The van der Waals surface area contributed by atoms with Gasteiger partial charge >= 0.3 is 0 Å². The molecule has 0 atom stereocenters. The van der Waals surface area contributed by atoms with Crippen LogP contribution in [0.2, 0.25) is 0 Å². The number of benzene rings is 2. The molecule has 2 N–H and O–H groups in total. The van der Waals surface area contributed by atoms with E-state index < -0.39 is 0 Å². The molecule has 0 radical (unpaired) electrons. The Morgan fingerprint density at radius 1 is 1.04 bits per heavy atom. The average Bonchev–Trinajstić information content (AvgIpc) is 2.60. The van der Waals surface area contributed by atoms with Crippen LogP contribution in [0.5, 0.6) is 0 Å². The van der Waals surface area contributed by atoms with Crippen molar-refractivity contribution in [2.45, 2.75) is 19.6 Å². The normalized spacial score (nSPS) is 10.9. The number of hydrogen-bond donors (Lipinski definition) is 2. The molecule has 0 saturated carbocycles. The summed E-state index contributed by atoms with van der Waals surface area (Å²) in [6, 6.07) is 14.8. The minimum atomic E-state index is -0.208. The van der Waals surface area contributed by atoms with Crippen LogP contribution < -0.4 is 10.6 Å². The first-order valence-corrected chi connectivity index (χ1v) is 7.97. The molecular formula is C19H25FIN3O. The molecular weight excluding hydrogens is 432 g/mol. The van der Waals surface area contributed by atoms with E-state index in [1.54, 1.807) is 26.3 Å². The smallest absolute Gasteiger partial charge is 0.191 e. The summed E-state index contributed by atoms with van der Waals surface area (Å²) in [5.41, 5.74) is 3.41. The largest absolute Gasteiger partial charge is 0.380 e. The van der Waals surface area contributed by atoms with Crippen molar-refractivity contribution in [3.63, 3.8) is 0 Å². The van der Waals surface area contributed by atoms with E-state index in [4.69, 9.17) is 4.74 Å². The molecule has 2 aromatic carbocycles. The van der Waals surface area contributed by atoms with Crippen LogP contribution in [-0.4, -0.2) is 26.7 Å². The molecule has 136 valence electrons. The van der Waals surface area contributed by atoms with E-state index in [0.717, 1.165) is 30.1 Å². The van der Waals surface area contributed by atoms with Crippen molar-refractivity contribution in [3.8, 4) is 0 Å². The van der Waals surface area contributed by atoms with Crippen molar-refractivity contribution in [2.24, 2.45) is 4.99 Å². The highest BCUT2D eigenvalue weighted by molar-refractivity contribution is 14.0. The third-order valence-corrected chi connectivity index (χ3v) is 3.61. The van der Waals surface area contributed by atoms with Gasteiger partial charge in [0.25, 0.3) is 0 Å². The van der Waals surface area contributed by atoms with Gasteiger partial charge in [-0.2, -0.15) is 0 Å². The highest BCUT2D eigenvalue weighted by Gasteiger charge is 2.00. The van der Waals surface area contributed by atoms with Gasteiger partial charge < -0.3 is 15.4 Å². The van der Waals surface area contributed by atoms with Gasteiger partial charge in [-0.05, 0) is 35.2 Å². The summed E-state index contributed by atoms with van der Waals surface area (Å²) in [6.07, 6.45) is 0.810. The number of ether oxygens (including phenoxy) is 1. The van der Waals surface area contributed by atoms with Crippen LogP contribution in [-0.2, 0) is 24.3 Å². The number of hydrogen-bond acceptors (Lipinski definition) is 2. The van der Waals surface area contributed by atoms with E-state index in [0.29, 0.717) is 13.2 Å². The van der Waals surface area contributed by atoms with E-state index in [-0.39, 0.29) is 29.8 Å². The zero-order chi connectivity index (χ0) is 17.2. The van der Waals surface area contributed by atoms with Crippen molar-refractivity contribution in [1.82, 2.24) is 10.6 Å². The van der Waals surface area contributed by atoms with E-state index in [2.05, 4.69) is 27.8 Å². The van der Waals surface area contributed by atoms with Gasteiger partial charge in [-0.3, -0.25) is 4.99 Å². The Balaban J connectivity index is 0.00000312. The van der Waals surface area contributed by atoms with E-state index in [1.165, 1.54) is 17.7 Å². The number of methoxy groups -OCH3 is 1. The third-order valence-electron chi connectivity index (χ3n) is 3.61. The predicted octanol–water partition coefficient (Wildman–Crippen LogP) is 3.50. The molecule has 2 rings (SSSR count). The van der Waals surface area contributed by atoms with Crippen LogP contribution in [0.3, 0.4) is 0 Å². The third kappa shape index (κ3) is 7.83. The number of nitrogens with one attached hydrogen (secondary N) is 2. The number of nitrogens with zero attached hydrogens (tertiary/aromatic N) is 1. The maximum atomic E-state index is 12.9. The zero-order valence-corrected chi connectivity index (χ0v) is 16.9. The second-order valence-corrected chi connectivity index (χ2v) is 5.48. The molecule has 2 aromatic rings. The summed E-state index contributed by atoms with van der Waals surface area (Å²) in [5, 5.41) is 6.55. The lowest BCUT2D eigenvalue weighted by molar-refractivity contribution is 0.185. The molecule has 0 aromatic heterocycles. The van der Waals surface area contributed by atoms with Crippen LogP contribution in [0.4, 0.5) is 4.39 Å². The van der Waals surface area contributed by atoms with Gasteiger partial charge in [-0.1, -0.05) is 36.4 Å². The van der Waals surface area contributed by atoms with E-state index in [1.807, 2.05) is 12.1 Å². The van der Waals surface area contributed by atoms with Crippen LogP contribution in [0.15, 0.2) is 53.5 Å². The minimum absolute atomic E-state index is 0. The molecule has 0 saturated heterocycles. The van der Waals surface area contributed by atoms with Crippen molar-refractivity contribution >= 4 is 29.9 Å². The fraction of sp³-hybridized carbons (Fsp3) is 0.316. The molecule has 0 aliphatic rings. The van der Waals surface area contributed by atoms with Crippen LogP contribution in [0.25, 0.3) is 0 Å². The Kier molecular flexibility index (Phi) is 10.1. The molecule has 4 nitrogen and oxygen atoms in total. The Bertz CT molecular complexity index is 662. The molecule has 0 amide bonds. The fourth-order valence-corrected chi connectivity index (χ4v) is 2.38. The molecule has 0 fully saturated rings. The maximum absolute atomic E-state index is 12.9. The number of rotatable bonds is 7. The van der Waals surface area contributed by atoms with Crippen LogP contribution in [0.1, 0.15) is 16.7 Å². The summed E-state index contributed by atoms with van der Waals surface area (Å²) in [6.45, 7) is 2.03. The number of halogens is 2. The maximum Gasteiger partial charge on any atom is 0.191 e. The number of guanidine groups is 1. The SMILES string of the molecule is CN=C(NCCc1ccc(F)cc1)NCc1cccc(COC)c1.I. The Morgan fingerprint density at radius 3 is 2.44 bits per heavy atom. The highest BCUT2D eigenvalue weighted by Crippen LogP contribution is 2.06. The van der Waals surface area contributed by atoms with Gasteiger partial charge in [0.2, 0.25) is 0 Å². The Morgan fingerprint density at radius 2 is 1.76 bits per heavy atom. The molecule has 0 unspecified atom stereocenters. The monoisotopic (exact) mass is 457 g/mol. The first-order valence-electron chi connectivity index (χ1n) is 7.97. The summed E-state index contributed by atoms with van der Waals surface area (Å²) in [4.78, 5) is 4.22. The van der Waals surface area contributed by atoms with Crippen molar-refractivity contribution in [3.05, 3.63) is 71.0 Å². The summed E-state index contributed by atoms with van der Waals surface area (Å²) in [5.74, 6) is 0.536. The average molecular weight is 457 g/mol. The lowest BCUT2D eigenvalue weighted by Gasteiger charge is -2.12. The van der Waals surface area contributed by atoms with Gasteiger partial charge in [0, 0.05) is 27.2 Å². The lowest BCUT2D eigenvalue weighted by atomic mass is 10.1.